The maximum atomic E-state index is 5.64. The maximum Gasteiger partial charge on any atom is 0.192 e. The van der Waals surface area contributed by atoms with Crippen LogP contribution in [0.25, 0.3) is 11.1 Å². The molecular weight excluding hydrogens is 238 g/mol. The average Bonchev–Trinajstić information content (AvgIpc) is 2.80. The van der Waals surface area contributed by atoms with E-state index >= 15 is 0 Å². The van der Waals surface area contributed by atoms with E-state index in [0.29, 0.717) is 12.0 Å². The summed E-state index contributed by atoms with van der Waals surface area (Å²) in [4.78, 5) is 4.35. The van der Waals surface area contributed by atoms with Crippen LogP contribution < -0.4 is 10.6 Å². The van der Waals surface area contributed by atoms with Gasteiger partial charge in [-0.25, -0.2) is 4.98 Å². The number of hydrogen-bond acceptors (Lipinski definition) is 4. The lowest BCUT2D eigenvalue weighted by Gasteiger charge is -2.30. The monoisotopic (exact) mass is 259 g/mol. The lowest BCUT2D eigenvalue weighted by atomic mass is 9.86. The summed E-state index contributed by atoms with van der Waals surface area (Å²) < 4.78 is 5.64. The molecule has 102 valence electrons. The van der Waals surface area contributed by atoms with Crippen molar-refractivity contribution in [3.05, 3.63) is 29.7 Å². The highest BCUT2D eigenvalue weighted by atomic mass is 16.3. The third-order valence-electron chi connectivity index (χ3n) is 4.04. The molecule has 19 heavy (non-hydrogen) atoms. The van der Waals surface area contributed by atoms with E-state index in [1.165, 1.54) is 18.4 Å². The van der Waals surface area contributed by atoms with Crippen LogP contribution in [-0.4, -0.2) is 25.1 Å². The molecule has 1 aliphatic rings. The van der Waals surface area contributed by atoms with E-state index in [4.69, 9.17) is 4.42 Å². The van der Waals surface area contributed by atoms with Crippen molar-refractivity contribution in [3.8, 4) is 0 Å². The number of fused-ring (bicyclic) bond motifs is 1. The topological polar surface area (TPSA) is 50.1 Å². The Balaban J connectivity index is 1.91. The summed E-state index contributed by atoms with van der Waals surface area (Å²) in [5.41, 5.74) is 3.14. The number of rotatable bonds is 3. The second-order valence-electron chi connectivity index (χ2n) is 5.31. The molecule has 2 heterocycles. The summed E-state index contributed by atoms with van der Waals surface area (Å²) >= 11 is 0. The number of nitrogens with zero attached hydrogens (tertiary/aromatic N) is 1. The number of hydrogen-bond donors (Lipinski definition) is 2. The highest BCUT2D eigenvalue weighted by molar-refractivity contribution is 5.73. The Kier molecular flexibility index (Phi) is 3.53. The number of aromatic nitrogens is 1. The molecule has 0 amide bonds. The summed E-state index contributed by atoms with van der Waals surface area (Å²) in [5, 5.41) is 6.89. The molecule has 0 aliphatic carbocycles. The van der Waals surface area contributed by atoms with E-state index in [9.17, 15) is 0 Å². The number of benzene rings is 1. The molecule has 1 atom stereocenters. The first-order chi connectivity index (χ1) is 9.28. The maximum absolute atomic E-state index is 5.64. The Hall–Kier alpha value is -1.39. The van der Waals surface area contributed by atoms with Gasteiger partial charge in [-0.05, 0) is 56.6 Å². The van der Waals surface area contributed by atoms with E-state index in [1.54, 1.807) is 0 Å². The molecule has 4 nitrogen and oxygen atoms in total. The molecule has 1 unspecified atom stereocenters. The van der Waals surface area contributed by atoms with Gasteiger partial charge in [0.1, 0.15) is 5.52 Å². The molecule has 0 bridgehead atoms. The van der Waals surface area contributed by atoms with Crippen molar-refractivity contribution in [1.29, 1.82) is 0 Å². The van der Waals surface area contributed by atoms with Crippen molar-refractivity contribution in [3.63, 3.8) is 0 Å². The van der Waals surface area contributed by atoms with Gasteiger partial charge in [0.05, 0.1) is 0 Å². The molecule has 1 fully saturated rings. The predicted octanol–water partition coefficient (Wildman–Crippen LogP) is 2.40. The van der Waals surface area contributed by atoms with Crippen LogP contribution in [0.2, 0.25) is 0 Å². The Morgan fingerprint density at radius 3 is 2.89 bits per heavy atom. The van der Waals surface area contributed by atoms with Crippen molar-refractivity contribution < 1.29 is 4.42 Å². The fourth-order valence-electron chi connectivity index (χ4n) is 3.10. The molecule has 1 aromatic heterocycles. The summed E-state index contributed by atoms with van der Waals surface area (Å²) in [5.74, 6) is 1.42. The van der Waals surface area contributed by atoms with Gasteiger partial charge in [0.25, 0.3) is 0 Å². The molecule has 1 aromatic carbocycles. The number of piperidine rings is 1. The third-order valence-corrected chi connectivity index (χ3v) is 4.04. The van der Waals surface area contributed by atoms with Gasteiger partial charge >= 0.3 is 0 Å². The van der Waals surface area contributed by atoms with E-state index in [2.05, 4.69) is 33.8 Å². The van der Waals surface area contributed by atoms with Crippen molar-refractivity contribution in [2.24, 2.45) is 5.92 Å². The number of oxazole rings is 1. The molecule has 4 heteroatoms. The van der Waals surface area contributed by atoms with E-state index in [-0.39, 0.29) is 0 Å². The Labute approximate surface area is 113 Å². The van der Waals surface area contributed by atoms with E-state index in [0.717, 1.165) is 30.1 Å². The van der Waals surface area contributed by atoms with E-state index in [1.807, 2.05) is 14.0 Å². The lowest BCUT2D eigenvalue weighted by molar-refractivity contribution is 0.294. The van der Waals surface area contributed by atoms with Crippen molar-refractivity contribution in [2.75, 3.05) is 20.1 Å². The minimum Gasteiger partial charge on any atom is -0.441 e. The molecule has 3 rings (SSSR count). The third kappa shape index (κ3) is 2.51. The highest BCUT2D eigenvalue weighted by Crippen LogP contribution is 2.30. The number of aryl methyl sites for hydroxylation is 1. The second-order valence-corrected chi connectivity index (χ2v) is 5.31. The van der Waals surface area contributed by atoms with Crippen LogP contribution in [-0.2, 0) is 0 Å². The Morgan fingerprint density at radius 2 is 2.16 bits per heavy atom. The Morgan fingerprint density at radius 1 is 1.37 bits per heavy atom. The summed E-state index contributed by atoms with van der Waals surface area (Å²) in [6.07, 6.45) is 2.44. The quantitative estimate of drug-likeness (QED) is 0.888. The molecule has 0 spiro atoms. The van der Waals surface area contributed by atoms with Gasteiger partial charge in [-0.3, -0.25) is 0 Å². The van der Waals surface area contributed by atoms with E-state index < -0.39 is 0 Å². The zero-order valence-corrected chi connectivity index (χ0v) is 11.6. The lowest BCUT2D eigenvalue weighted by Crippen LogP contribution is -2.35. The number of nitrogens with one attached hydrogen (secondary N) is 2. The van der Waals surface area contributed by atoms with Crippen molar-refractivity contribution in [2.45, 2.75) is 25.8 Å². The van der Waals surface area contributed by atoms with Crippen LogP contribution in [0.15, 0.2) is 22.6 Å². The van der Waals surface area contributed by atoms with Crippen LogP contribution in [0, 0.1) is 12.8 Å². The zero-order valence-electron chi connectivity index (χ0n) is 11.6. The fourth-order valence-corrected chi connectivity index (χ4v) is 3.10. The summed E-state index contributed by atoms with van der Waals surface area (Å²) in [6, 6.07) is 6.77. The molecule has 2 aromatic rings. The van der Waals surface area contributed by atoms with Gasteiger partial charge in [-0.1, -0.05) is 6.07 Å². The first-order valence-electron chi connectivity index (χ1n) is 7.03. The van der Waals surface area contributed by atoms with Gasteiger partial charge in [0.15, 0.2) is 11.5 Å². The SMILES string of the molecule is CNC(c1ccc2nc(C)oc2c1)C1CCNCC1. The average molecular weight is 259 g/mol. The molecule has 1 saturated heterocycles. The van der Waals surface area contributed by atoms with Gasteiger partial charge < -0.3 is 15.1 Å². The van der Waals surface area contributed by atoms with Crippen LogP contribution in [0.4, 0.5) is 0 Å². The summed E-state index contributed by atoms with van der Waals surface area (Å²) in [6.45, 7) is 4.13. The van der Waals surface area contributed by atoms with Crippen LogP contribution in [0.1, 0.15) is 30.3 Å². The van der Waals surface area contributed by atoms with Crippen LogP contribution >= 0.6 is 0 Å². The molecular formula is C15H21N3O. The van der Waals surface area contributed by atoms with Gasteiger partial charge in [-0.15, -0.1) is 0 Å². The molecule has 0 radical (unpaired) electrons. The van der Waals surface area contributed by atoms with Crippen molar-refractivity contribution in [1.82, 2.24) is 15.6 Å². The van der Waals surface area contributed by atoms with Crippen molar-refractivity contribution >= 4 is 11.1 Å². The first-order valence-corrected chi connectivity index (χ1v) is 7.03. The summed E-state index contributed by atoms with van der Waals surface area (Å²) in [7, 11) is 2.04. The molecule has 0 saturated carbocycles. The van der Waals surface area contributed by atoms with Gasteiger partial charge in [0, 0.05) is 13.0 Å². The fraction of sp³-hybridized carbons (Fsp3) is 0.533. The molecule has 1 aliphatic heterocycles. The van der Waals surface area contributed by atoms with Gasteiger partial charge in [0.2, 0.25) is 0 Å². The van der Waals surface area contributed by atoms with Crippen LogP contribution in [0.3, 0.4) is 0 Å². The highest BCUT2D eigenvalue weighted by Gasteiger charge is 2.24. The standard InChI is InChI=1S/C15H21N3O/c1-10-18-13-4-3-12(9-14(13)19-10)15(16-2)11-5-7-17-8-6-11/h3-4,9,11,15-17H,5-8H2,1-2H3. The normalized spacial score (nSPS) is 18.8. The Bertz CT molecular complexity index is 558. The first kappa shape index (κ1) is 12.6. The smallest absolute Gasteiger partial charge is 0.192 e. The van der Waals surface area contributed by atoms with Gasteiger partial charge in [-0.2, -0.15) is 0 Å². The largest absolute Gasteiger partial charge is 0.441 e. The predicted molar refractivity (Wildman–Crippen MR) is 76.1 cm³/mol. The van der Waals surface area contributed by atoms with Crippen LogP contribution in [0.5, 0.6) is 0 Å². The minimum atomic E-state index is 0.400. The molecule has 2 N–H and O–H groups in total. The zero-order chi connectivity index (χ0) is 13.2. The minimum absolute atomic E-state index is 0.400. The second kappa shape index (κ2) is 5.31.